The van der Waals surface area contributed by atoms with Crippen molar-refractivity contribution in [2.75, 3.05) is 6.61 Å². The van der Waals surface area contributed by atoms with Gasteiger partial charge in [0.25, 0.3) is 0 Å². The highest BCUT2D eigenvalue weighted by atomic mass is 28.3. The molecule has 5 rings (SSSR count). The van der Waals surface area contributed by atoms with E-state index in [9.17, 15) is 5.11 Å². The molecule has 1 N–H and O–H groups in total. The number of aliphatic hydroxyl groups is 1. The fourth-order valence-corrected chi connectivity index (χ4v) is 4.61. The second-order valence-electron chi connectivity index (χ2n) is 9.79. The molecule has 0 saturated heterocycles. The van der Waals surface area contributed by atoms with Gasteiger partial charge in [-0.05, 0) is 35.9 Å². The highest BCUT2D eigenvalue weighted by molar-refractivity contribution is 6.76. The average molecular weight is 476 g/mol. The van der Waals surface area contributed by atoms with Crippen molar-refractivity contribution in [3.05, 3.63) is 66.5 Å². The van der Waals surface area contributed by atoms with Crippen molar-refractivity contribution in [3.63, 3.8) is 0 Å². The molecular weight excluding hydrogens is 446 g/mol. The van der Waals surface area contributed by atoms with Crippen molar-refractivity contribution in [1.82, 2.24) is 33.9 Å². The first-order valence-corrected chi connectivity index (χ1v) is 15.0. The molecule has 10 heteroatoms. The minimum Gasteiger partial charge on any atom is -0.382 e. The Morgan fingerprint density at radius 3 is 2.71 bits per heavy atom. The van der Waals surface area contributed by atoms with Crippen LogP contribution in [-0.2, 0) is 18.5 Å². The van der Waals surface area contributed by atoms with Crippen molar-refractivity contribution in [2.45, 2.75) is 38.5 Å². The van der Waals surface area contributed by atoms with Gasteiger partial charge >= 0.3 is 0 Å². The van der Waals surface area contributed by atoms with E-state index in [4.69, 9.17) is 9.84 Å². The summed E-state index contributed by atoms with van der Waals surface area (Å²) >= 11 is 0. The first-order valence-electron chi connectivity index (χ1n) is 11.3. The van der Waals surface area contributed by atoms with Gasteiger partial charge in [0.2, 0.25) is 0 Å². The van der Waals surface area contributed by atoms with E-state index < -0.39 is 14.2 Å². The number of nitrogens with zero attached hydrogens (tertiary/aromatic N) is 7. The Morgan fingerprint density at radius 2 is 1.94 bits per heavy atom. The molecule has 0 fully saturated rings. The molecule has 0 amide bonds. The van der Waals surface area contributed by atoms with Gasteiger partial charge in [-0.1, -0.05) is 25.7 Å². The molecule has 1 unspecified atom stereocenters. The van der Waals surface area contributed by atoms with Gasteiger partial charge in [0.05, 0.1) is 41.1 Å². The second-order valence-corrected chi connectivity index (χ2v) is 15.4. The minimum absolute atomic E-state index is 0.469. The van der Waals surface area contributed by atoms with Crippen LogP contribution >= 0.6 is 0 Å². The maximum Gasteiger partial charge on any atom is 0.153 e. The monoisotopic (exact) mass is 475 g/mol. The van der Waals surface area contributed by atoms with Crippen LogP contribution in [0.25, 0.3) is 27.9 Å². The quantitative estimate of drug-likeness (QED) is 0.270. The van der Waals surface area contributed by atoms with Crippen LogP contribution < -0.4 is 0 Å². The molecule has 0 aliphatic heterocycles. The molecule has 0 aliphatic carbocycles. The third-order valence-corrected chi connectivity index (χ3v) is 7.56. The molecule has 4 aromatic heterocycles. The summed E-state index contributed by atoms with van der Waals surface area (Å²) in [5, 5.41) is 20.1. The first-order chi connectivity index (χ1) is 16.3. The molecule has 0 saturated carbocycles. The molecule has 0 bridgehead atoms. The predicted octanol–water partition coefficient (Wildman–Crippen LogP) is 3.87. The normalized spacial score (nSPS) is 13.2. The summed E-state index contributed by atoms with van der Waals surface area (Å²) in [4.78, 5) is 8.94. The number of aliphatic hydroxyl groups excluding tert-OH is 1. The Bertz CT molecular complexity index is 1450. The third kappa shape index (κ3) is 4.52. The number of aryl methyl sites for hydroxylation is 1. The number of benzene rings is 1. The van der Waals surface area contributed by atoms with Crippen LogP contribution in [0.3, 0.4) is 0 Å². The highest BCUT2D eigenvalue weighted by Crippen LogP contribution is 2.26. The summed E-state index contributed by atoms with van der Waals surface area (Å²) in [5.74, 6) is 0. The minimum atomic E-state index is -1.12. The summed E-state index contributed by atoms with van der Waals surface area (Å²) < 4.78 is 11.3. The molecule has 5 aromatic rings. The van der Waals surface area contributed by atoms with Gasteiger partial charge in [0, 0.05) is 33.5 Å². The molecule has 0 spiro atoms. The van der Waals surface area contributed by atoms with Gasteiger partial charge in [-0.25, -0.2) is 14.5 Å². The lowest BCUT2D eigenvalue weighted by molar-refractivity contribution is 0.0898. The summed E-state index contributed by atoms with van der Waals surface area (Å²) in [5.41, 5.74) is 5.43. The van der Waals surface area contributed by atoms with E-state index in [-0.39, 0.29) is 0 Å². The lowest BCUT2D eigenvalue weighted by Crippen LogP contribution is -2.21. The maximum absolute atomic E-state index is 11.2. The summed E-state index contributed by atoms with van der Waals surface area (Å²) in [6.45, 7) is 8.25. The largest absolute Gasteiger partial charge is 0.382 e. The van der Waals surface area contributed by atoms with Crippen molar-refractivity contribution < 1.29 is 9.84 Å². The van der Waals surface area contributed by atoms with E-state index in [1.807, 2.05) is 48.1 Å². The molecule has 4 heterocycles. The molecule has 1 atom stereocenters. The second kappa shape index (κ2) is 8.78. The number of imidazole rings is 2. The Kier molecular flexibility index (Phi) is 5.80. The number of rotatable bonds is 8. The van der Waals surface area contributed by atoms with E-state index in [0.717, 1.165) is 40.5 Å². The van der Waals surface area contributed by atoms with Crippen LogP contribution in [-0.4, -0.2) is 53.7 Å². The molecular formula is C24H29N7O2Si. The SMILES string of the molecule is Cn1cc(-c2ccc3ncc(C(O)c4ccc5c(c4)ncn5COCC[Si](C)(C)C)n3n2)cn1. The van der Waals surface area contributed by atoms with E-state index in [1.165, 1.54) is 0 Å². The fraction of sp³-hybridized carbons (Fsp3) is 0.333. The maximum atomic E-state index is 11.2. The number of ether oxygens (including phenoxy) is 1. The molecule has 34 heavy (non-hydrogen) atoms. The van der Waals surface area contributed by atoms with Crippen LogP contribution in [0.15, 0.2) is 55.2 Å². The zero-order valence-corrected chi connectivity index (χ0v) is 20.9. The van der Waals surface area contributed by atoms with E-state index >= 15 is 0 Å². The third-order valence-electron chi connectivity index (χ3n) is 5.86. The highest BCUT2D eigenvalue weighted by Gasteiger charge is 2.19. The Labute approximate surface area is 198 Å². The average Bonchev–Trinajstić information content (AvgIpc) is 3.53. The number of hydrogen-bond donors (Lipinski definition) is 1. The zero-order valence-electron chi connectivity index (χ0n) is 19.9. The van der Waals surface area contributed by atoms with Gasteiger partial charge in [-0.3, -0.25) is 4.68 Å². The molecule has 176 valence electrons. The number of fused-ring (bicyclic) bond motifs is 2. The van der Waals surface area contributed by atoms with Crippen LogP contribution in [0.2, 0.25) is 25.7 Å². The number of hydrogen-bond acceptors (Lipinski definition) is 6. The van der Waals surface area contributed by atoms with Crippen molar-refractivity contribution in [1.29, 1.82) is 0 Å². The van der Waals surface area contributed by atoms with E-state index in [1.54, 1.807) is 27.9 Å². The smallest absolute Gasteiger partial charge is 0.153 e. The van der Waals surface area contributed by atoms with Gasteiger partial charge in [0.1, 0.15) is 12.8 Å². The Balaban J connectivity index is 1.38. The molecule has 1 aromatic carbocycles. The van der Waals surface area contributed by atoms with E-state index in [0.29, 0.717) is 18.1 Å². The van der Waals surface area contributed by atoms with Crippen molar-refractivity contribution in [2.24, 2.45) is 7.05 Å². The molecule has 0 aliphatic rings. The van der Waals surface area contributed by atoms with Gasteiger partial charge in [0.15, 0.2) is 5.65 Å². The van der Waals surface area contributed by atoms with Gasteiger partial charge < -0.3 is 14.4 Å². The Hall–Kier alpha value is -3.34. The Morgan fingerprint density at radius 1 is 1.09 bits per heavy atom. The summed E-state index contributed by atoms with van der Waals surface area (Å²) in [6.07, 6.45) is 6.22. The summed E-state index contributed by atoms with van der Waals surface area (Å²) in [6, 6.07) is 10.7. The number of aromatic nitrogens is 7. The lowest BCUT2D eigenvalue weighted by atomic mass is 10.1. The van der Waals surface area contributed by atoms with Crippen molar-refractivity contribution >= 4 is 24.8 Å². The van der Waals surface area contributed by atoms with Crippen LogP contribution in [0.1, 0.15) is 17.4 Å². The standard InChI is InChI=1S/C24H29N7O2Si/c1-29-14-18(12-27-29)19-6-8-23-25-13-22(31(23)28-19)24(32)17-5-7-21-20(11-17)26-15-30(21)16-33-9-10-34(2,3)4/h5-8,11-15,24,32H,9-10,16H2,1-4H3. The summed E-state index contributed by atoms with van der Waals surface area (Å²) in [7, 11) is 0.751. The zero-order chi connectivity index (χ0) is 23.9. The van der Waals surface area contributed by atoms with Gasteiger partial charge in [-0.2, -0.15) is 10.2 Å². The molecule has 9 nitrogen and oxygen atoms in total. The van der Waals surface area contributed by atoms with Crippen LogP contribution in [0.5, 0.6) is 0 Å². The fourth-order valence-electron chi connectivity index (χ4n) is 3.85. The topological polar surface area (TPSA) is 95.3 Å². The first kappa shape index (κ1) is 22.4. The molecule has 0 radical (unpaired) electrons. The van der Waals surface area contributed by atoms with E-state index in [2.05, 4.69) is 34.7 Å². The van der Waals surface area contributed by atoms with Crippen LogP contribution in [0.4, 0.5) is 0 Å². The van der Waals surface area contributed by atoms with Crippen molar-refractivity contribution in [3.8, 4) is 11.3 Å². The van der Waals surface area contributed by atoms with Crippen LogP contribution in [0, 0.1) is 0 Å². The lowest BCUT2D eigenvalue weighted by Gasteiger charge is -2.15. The predicted molar refractivity (Wildman–Crippen MR) is 133 cm³/mol. The van der Waals surface area contributed by atoms with Gasteiger partial charge in [-0.15, -0.1) is 0 Å².